The third-order valence-corrected chi connectivity index (χ3v) is 12.8. The van der Waals surface area contributed by atoms with E-state index in [1.807, 2.05) is 72.8 Å². The average Bonchev–Trinajstić information content (AvgIpc) is 3.16. The number of para-hydroxylation sites is 1. The fraction of sp³-hybridized carbons (Fsp3) is 0.205. The molecule has 4 N–H and O–H groups in total. The highest BCUT2D eigenvalue weighted by molar-refractivity contribution is 7.89. The summed E-state index contributed by atoms with van der Waals surface area (Å²) in [5.41, 5.74) is 3.55. The van der Waals surface area contributed by atoms with Gasteiger partial charge < -0.3 is 25.0 Å². The first-order chi connectivity index (χ1) is 25.4. The van der Waals surface area contributed by atoms with Crippen molar-refractivity contribution < 1.29 is 41.7 Å². The molecule has 14 heteroatoms. The highest BCUT2D eigenvalue weighted by Gasteiger charge is 2.35. The Bertz CT molecular complexity index is 2420. The lowest BCUT2D eigenvalue weighted by Gasteiger charge is -2.30. The maximum Gasteiger partial charge on any atom is 0.258 e. The first-order valence-corrected chi connectivity index (χ1v) is 19.9. The van der Waals surface area contributed by atoms with Crippen molar-refractivity contribution in [2.24, 2.45) is 0 Å². The molecule has 53 heavy (non-hydrogen) atoms. The number of hydrogen-bond acceptors (Lipinski definition) is 9. The first kappa shape index (κ1) is 36.0. The number of nitrogens with one attached hydrogen (secondary N) is 1. The zero-order chi connectivity index (χ0) is 37.3. The summed E-state index contributed by atoms with van der Waals surface area (Å²) in [4.78, 5) is 14.5. The molecule has 0 saturated heterocycles. The number of phenols is 3. The van der Waals surface area contributed by atoms with Gasteiger partial charge in [0.15, 0.2) is 11.5 Å². The van der Waals surface area contributed by atoms with Gasteiger partial charge in [-0.25, -0.2) is 21.6 Å². The van der Waals surface area contributed by atoms with E-state index >= 15 is 0 Å². The van der Waals surface area contributed by atoms with E-state index in [1.54, 1.807) is 12.1 Å². The molecular formula is C39H37N3O9S2. The van der Waals surface area contributed by atoms with Crippen LogP contribution in [0.2, 0.25) is 0 Å². The van der Waals surface area contributed by atoms with E-state index in [4.69, 9.17) is 4.74 Å². The molecule has 2 aliphatic rings. The normalized spacial score (nSPS) is 14.7. The number of amides is 1. The molecule has 0 aromatic heterocycles. The fourth-order valence-electron chi connectivity index (χ4n) is 6.64. The van der Waals surface area contributed by atoms with Crippen LogP contribution in [-0.2, 0) is 52.4 Å². The molecule has 1 amide bonds. The second-order valence-corrected chi connectivity index (χ2v) is 16.6. The number of ether oxygens (including phenoxy) is 1. The van der Waals surface area contributed by atoms with E-state index in [0.29, 0.717) is 36.3 Å². The van der Waals surface area contributed by atoms with Gasteiger partial charge >= 0.3 is 0 Å². The van der Waals surface area contributed by atoms with Gasteiger partial charge in [-0.1, -0.05) is 60.7 Å². The van der Waals surface area contributed by atoms with Crippen molar-refractivity contribution in [3.63, 3.8) is 0 Å². The van der Waals surface area contributed by atoms with Crippen LogP contribution in [0.25, 0.3) is 0 Å². The number of fused-ring (bicyclic) bond motifs is 2. The van der Waals surface area contributed by atoms with Crippen LogP contribution in [0.1, 0.15) is 38.2 Å². The Morgan fingerprint density at radius 3 is 2.17 bits per heavy atom. The molecule has 0 fully saturated rings. The summed E-state index contributed by atoms with van der Waals surface area (Å²) in [6, 6.07) is 29.7. The Hall–Kier alpha value is -5.41. The predicted octanol–water partition coefficient (Wildman–Crippen LogP) is 5.06. The van der Waals surface area contributed by atoms with E-state index in [1.165, 1.54) is 17.0 Å². The van der Waals surface area contributed by atoms with Crippen molar-refractivity contribution >= 4 is 26.0 Å². The SMILES string of the molecule is O=C(c1cc(S(=O)(=O)N2CCc3ccccc3C2)c(O)c(O)c1O)N1CCc2ccc(S(=O)(=O)NCCc3cccc(Oc4ccccc4)c3)cc2C1. The molecule has 0 atom stereocenters. The third-order valence-electron chi connectivity index (χ3n) is 9.53. The molecule has 0 spiro atoms. The topological polar surface area (TPSA) is 174 Å². The van der Waals surface area contributed by atoms with Crippen LogP contribution in [0, 0.1) is 0 Å². The smallest absolute Gasteiger partial charge is 0.258 e. The largest absolute Gasteiger partial charge is 0.504 e. The van der Waals surface area contributed by atoms with Crippen LogP contribution in [0.3, 0.4) is 0 Å². The Labute approximate surface area is 307 Å². The van der Waals surface area contributed by atoms with Crippen molar-refractivity contribution in [2.75, 3.05) is 19.6 Å². The maximum absolute atomic E-state index is 13.8. The Morgan fingerprint density at radius 2 is 1.38 bits per heavy atom. The standard InChI is InChI=1S/C39H37N3O9S2/c43-36-34(23-35(37(44)38(36)45)53(49,50)42-20-17-27-8-4-5-9-29(27)25-42)39(46)41-19-16-28-13-14-33(22-30(28)24-41)52(47,48)40-18-15-26-7-6-12-32(21-26)51-31-10-2-1-3-11-31/h1-14,21-23,40,43-45H,15-20,24-25H2. The van der Waals surface area contributed by atoms with Gasteiger partial charge in [0, 0.05) is 32.7 Å². The summed E-state index contributed by atoms with van der Waals surface area (Å²) in [6.07, 6.45) is 1.20. The highest BCUT2D eigenvalue weighted by atomic mass is 32.2. The Morgan fingerprint density at radius 1 is 0.679 bits per heavy atom. The van der Waals surface area contributed by atoms with E-state index in [2.05, 4.69) is 4.72 Å². The molecule has 5 aromatic carbocycles. The van der Waals surface area contributed by atoms with Gasteiger partial charge in [0.2, 0.25) is 25.8 Å². The molecule has 0 aliphatic carbocycles. The zero-order valence-corrected chi connectivity index (χ0v) is 30.1. The van der Waals surface area contributed by atoms with Crippen LogP contribution in [-0.4, -0.2) is 66.9 Å². The molecule has 2 aliphatic heterocycles. The van der Waals surface area contributed by atoms with E-state index in [9.17, 15) is 36.9 Å². The number of carbonyl (C=O) groups excluding carboxylic acids is 1. The Balaban J connectivity index is 1.05. The molecule has 0 saturated carbocycles. The summed E-state index contributed by atoms with van der Waals surface area (Å²) in [6.45, 7) is 0.400. The average molecular weight is 756 g/mol. The van der Waals surface area contributed by atoms with Gasteiger partial charge in [-0.2, -0.15) is 4.31 Å². The van der Waals surface area contributed by atoms with Crippen molar-refractivity contribution in [1.29, 1.82) is 0 Å². The lowest BCUT2D eigenvalue weighted by molar-refractivity contribution is 0.0730. The third kappa shape index (κ3) is 7.44. The molecular weight excluding hydrogens is 719 g/mol. The fourth-order valence-corrected chi connectivity index (χ4v) is 9.25. The van der Waals surface area contributed by atoms with Gasteiger partial charge in [-0.15, -0.1) is 0 Å². The van der Waals surface area contributed by atoms with Crippen molar-refractivity contribution in [3.8, 4) is 28.7 Å². The van der Waals surface area contributed by atoms with Crippen molar-refractivity contribution in [2.45, 2.75) is 42.1 Å². The number of benzene rings is 5. The quantitative estimate of drug-likeness (QED) is 0.142. The van der Waals surface area contributed by atoms with Crippen LogP contribution in [0.4, 0.5) is 0 Å². The van der Waals surface area contributed by atoms with E-state index in [0.717, 1.165) is 32.6 Å². The molecule has 0 bridgehead atoms. The maximum atomic E-state index is 13.8. The lowest BCUT2D eigenvalue weighted by atomic mass is 9.99. The summed E-state index contributed by atoms with van der Waals surface area (Å²) in [5.74, 6) is -2.62. The summed E-state index contributed by atoms with van der Waals surface area (Å²) < 4.78 is 63.8. The zero-order valence-electron chi connectivity index (χ0n) is 28.5. The van der Waals surface area contributed by atoms with Gasteiger partial charge in [0.1, 0.15) is 16.4 Å². The van der Waals surface area contributed by atoms with Crippen molar-refractivity contribution in [1.82, 2.24) is 13.9 Å². The minimum Gasteiger partial charge on any atom is -0.504 e. The second kappa shape index (κ2) is 14.5. The van der Waals surface area contributed by atoms with Crippen LogP contribution in [0.15, 0.2) is 113 Å². The number of phenolic OH excluding ortho intramolecular Hbond substituents is 3. The van der Waals surface area contributed by atoms with Gasteiger partial charge in [-0.3, -0.25) is 4.79 Å². The number of carbonyl (C=O) groups is 1. The number of aromatic hydroxyl groups is 3. The van der Waals surface area contributed by atoms with Crippen molar-refractivity contribution in [3.05, 3.63) is 137 Å². The Kier molecular flexibility index (Phi) is 9.87. The highest BCUT2D eigenvalue weighted by Crippen LogP contribution is 2.44. The van der Waals surface area contributed by atoms with Gasteiger partial charge in [-0.05, 0) is 89.5 Å². The van der Waals surface area contributed by atoms with Crippen LogP contribution >= 0.6 is 0 Å². The molecule has 0 radical (unpaired) electrons. The monoisotopic (exact) mass is 755 g/mol. The summed E-state index contributed by atoms with van der Waals surface area (Å²) in [7, 11) is -8.35. The van der Waals surface area contributed by atoms with Crippen LogP contribution in [0.5, 0.6) is 28.7 Å². The molecule has 0 unspecified atom stereocenters. The molecule has 2 heterocycles. The van der Waals surface area contributed by atoms with Gasteiger partial charge in [0.25, 0.3) is 5.91 Å². The molecule has 5 aromatic rings. The first-order valence-electron chi connectivity index (χ1n) is 17.0. The lowest BCUT2D eigenvalue weighted by Crippen LogP contribution is -2.37. The predicted molar refractivity (Wildman–Crippen MR) is 196 cm³/mol. The van der Waals surface area contributed by atoms with Gasteiger partial charge in [0.05, 0.1) is 10.5 Å². The summed E-state index contributed by atoms with van der Waals surface area (Å²) >= 11 is 0. The minimum absolute atomic E-state index is 0.00770. The molecule has 7 rings (SSSR count). The second-order valence-electron chi connectivity index (χ2n) is 12.9. The molecule has 274 valence electrons. The number of nitrogens with zero attached hydrogens (tertiary/aromatic N) is 2. The minimum atomic E-state index is -4.41. The van der Waals surface area contributed by atoms with E-state index < -0.39 is 53.7 Å². The molecule has 12 nitrogen and oxygen atoms in total. The number of rotatable bonds is 10. The van der Waals surface area contributed by atoms with Crippen LogP contribution < -0.4 is 9.46 Å². The number of sulfonamides is 2. The number of hydrogen-bond donors (Lipinski definition) is 4. The summed E-state index contributed by atoms with van der Waals surface area (Å²) in [5, 5.41) is 32.0. The van der Waals surface area contributed by atoms with E-state index in [-0.39, 0.29) is 37.6 Å².